The molecule has 1 aliphatic heterocycles. The van der Waals surface area contributed by atoms with Crippen molar-refractivity contribution in [3.05, 3.63) is 29.8 Å². The van der Waals surface area contributed by atoms with Crippen LogP contribution in [0.4, 0.5) is 19.3 Å². The highest BCUT2D eigenvalue weighted by atomic mass is 19.1. The Morgan fingerprint density at radius 2 is 2.05 bits per heavy atom. The molecule has 19 heavy (non-hydrogen) atoms. The lowest BCUT2D eigenvalue weighted by atomic mass is 10.2. The zero-order valence-electron chi connectivity index (χ0n) is 10.2. The number of ether oxygens (including phenoxy) is 1. The third kappa shape index (κ3) is 3.18. The van der Waals surface area contributed by atoms with Crippen LogP contribution in [0.15, 0.2) is 18.2 Å². The first kappa shape index (κ1) is 13.3. The van der Waals surface area contributed by atoms with Gasteiger partial charge in [0.2, 0.25) is 5.91 Å². The molecule has 1 saturated heterocycles. The van der Waals surface area contributed by atoms with Crippen molar-refractivity contribution in [1.29, 1.82) is 0 Å². The van der Waals surface area contributed by atoms with Crippen molar-refractivity contribution in [2.75, 3.05) is 18.0 Å². The molecule has 2 rings (SSSR count). The first-order chi connectivity index (χ1) is 8.95. The van der Waals surface area contributed by atoms with Gasteiger partial charge in [-0.2, -0.15) is 0 Å². The zero-order valence-corrected chi connectivity index (χ0v) is 10.2. The molecule has 0 spiro atoms. The second-order valence-electron chi connectivity index (χ2n) is 4.18. The molecule has 0 saturated carbocycles. The van der Waals surface area contributed by atoms with Gasteiger partial charge in [0.05, 0.1) is 18.8 Å². The van der Waals surface area contributed by atoms with Gasteiger partial charge < -0.3 is 10.1 Å². The molecule has 7 heteroatoms. The van der Waals surface area contributed by atoms with Crippen molar-refractivity contribution in [2.24, 2.45) is 0 Å². The van der Waals surface area contributed by atoms with Crippen molar-refractivity contribution >= 4 is 17.7 Å². The lowest BCUT2D eigenvalue weighted by Gasteiger charge is -2.13. The predicted octanol–water partition coefficient (Wildman–Crippen LogP) is 1.43. The third-order valence-electron chi connectivity index (χ3n) is 2.61. The van der Waals surface area contributed by atoms with Gasteiger partial charge in [0.15, 0.2) is 0 Å². The largest absolute Gasteiger partial charge is 0.442 e. The first-order valence-corrected chi connectivity index (χ1v) is 5.64. The Hall–Kier alpha value is -2.18. The van der Waals surface area contributed by atoms with Gasteiger partial charge in [-0.3, -0.25) is 9.69 Å². The highest BCUT2D eigenvalue weighted by Gasteiger charge is 2.32. The van der Waals surface area contributed by atoms with Gasteiger partial charge in [0, 0.05) is 13.0 Å². The fourth-order valence-corrected chi connectivity index (χ4v) is 1.79. The average molecular weight is 270 g/mol. The molecule has 1 N–H and O–H groups in total. The quantitative estimate of drug-likeness (QED) is 0.903. The maximum Gasteiger partial charge on any atom is 0.414 e. The number of carbonyl (C=O) groups is 2. The molecule has 1 heterocycles. The van der Waals surface area contributed by atoms with E-state index in [9.17, 15) is 18.4 Å². The number of hydrogen-bond donors (Lipinski definition) is 1. The number of cyclic esters (lactones) is 1. The van der Waals surface area contributed by atoms with Crippen LogP contribution in [-0.2, 0) is 9.53 Å². The zero-order chi connectivity index (χ0) is 14.0. The Labute approximate surface area is 108 Å². The average Bonchev–Trinajstić information content (AvgIpc) is 2.66. The summed E-state index contributed by atoms with van der Waals surface area (Å²) in [6.45, 7) is 1.63. The normalized spacial score (nSPS) is 18.4. The Balaban J connectivity index is 2.09. The molecule has 2 amide bonds. The molecule has 102 valence electrons. The van der Waals surface area contributed by atoms with E-state index in [1.165, 1.54) is 6.92 Å². The van der Waals surface area contributed by atoms with E-state index in [2.05, 4.69) is 5.32 Å². The van der Waals surface area contributed by atoms with Gasteiger partial charge in [0.25, 0.3) is 0 Å². The minimum atomic E-state index is -0.770. The van der Waals surface area contributed by atoms with Gasteiger partial charge in [-0.05, 0) is 12.1 Å². The van der Waals surface area contributed by atoms with Gasteiger partial charge in [0.1, 0.15) is 17.7 Å². The van der Waals surface area contributed by atoms with Crippen molar-refractivity contribution in [1.82, 2.24) is 5.32 Å². The topological polar surface area (TPSA) is 58.6 Å². The summed E-state index contributed by atoms with van der Waals surface area (Å²) in [5.74, 6) is -1.78. The monoisotopic (exact) mass is 270 g/mol. The number of carbonyl (C=O) groups excluding carboxylic acids is 2. The van der Waals surface area contributed by atoms with E-state index in [4.69, 9.17) is 4.74 Å². The van der Waals surface area contributed by atoms with Crippen LogP contribution in [0.5, 0.6) is 0 Å². The second-order valence-corrected chi connectivity index (χ2v) is 4.18. The van der Waals surface area contributed by atoms with Crippen LogP contribution in [0.1, 0.15) is 6.92 Å². The van der Waals surface area contributed by atoms with E-state index in [1.54, 1.807) is 0 Å². The van der Waals surface area contributed by atoms with Crippen molar-refractivity contribution in [2.45, 2.75) is 13.0 Å². The molecule has 0 unspecified atom stereocenters. The molecule has 0 aliphatic carbocycles. The van der Waals surface area contributed by atoms with Crippen molar-refractivity contribution < 1.29 is 23.1 Å². The molecule has 0 aromatic heterocycles. The maximum absolute atomic E-state index is 13.1. The molecule has 1 aromatic carbocycles. The number of benzene rings is 1. The molecule has 1 aromatic rings. The van der Waals surface area contributed by atoms with Gasteiger partial charge in [-0.25, -0.2) is 13.6 Å². The summed E-state index contributed by atoms with van der Waals surface area (Å²) in [7, 11) is 0. The maximum atomic E-state index is 13.1. The summed E-state index contributed by atoms with van der Waals surface area (Å²) in [5, 5.41) is 2.51. The smallest absolute Gasteiger partial charge is 0.414 e. The van der Waals surface area contributed by atoms with Crippen LogP contribution >= 0.6 is 0 Å². The van der Waals surface area contributed by atoms with Crippen LogP contribution in [0.25, 0.3) is 0 Å². The van der Waals surface area contributed by atoms with Crippen LogP contribution in [-0.4, -0.2) is 31.2 Å². The molecular formula is C12H12F2N2O3. The number of hydrogen-bond acceptors (Lipinski definition) is 3. The predicted molar refractivity (Wildman–Crippen MR) is 62.7 cm³/mol. The first-order valence-electron chi connectivity index (χ1n) is 5.64. The van der Waals surface area contributed by atoms with Crippen molar-refractivity contribution in [3.63, 3.8) is 0 Å². The highest BCUT2D eigenvalue weighted by Crippen LogP contribution is 2.23. The standard InChI is InChI=1S/C12H12F2N2O3/c1-7(17)15-5-11-6-16(12(18)19-11)10-3-8(13)2-9(14)4-10/h2-4,11H,5-6H2,1H3,(H,15,17)/t11-/m0/s1. The summed E-state index contributed by atoms with van der Waals surface area (Å²) < 4.78 is 31.2. The van der Waals surface area contributed by atoms with E-state index in [0.29, 0.717) is 0 Å². The van der Waals surface area contributed by atoms with Crippen LogP contribution in [0.2, 0.25) is 0 Å². The fraction of sp³-hybridized carbons (Fsp3) is 0.333. The SMILES string of the molecule is CC(=O)NC[C@H]1CN(c2cc(F)cc(F)c2)C(=O)O1. The Kier molecular flexibility index (Phi) is 3.64. The summed E-state index contributed by atoms with van der Waals surface area (Å²) in [4.78, 5) is 23.5. The lowest BCUT2D eigenvalue weighted by Crippen LogP contribution is -2.33. The number of rotatable bonds is 3. The molecule has 0 bridgehead atoms. The molecule has 5 nitrogen and oxygen atoms in total. The number of nitrogens with zero attached hydrogens (tertiary/aromatic N) is 1. The van der Waals surface area contributed by atoms with E-state index >= 15 is 0 Å². The molecule has 1 aliphatic rings. The summed E-state index contributed by atoms with van der Waals surface area (Å²) in [5.41, 5.74) is 0.0906. The van der Waals surface area contributed by atoms with E-state index in [0.717, 1.165) is 23.1 Å². The number of nitrogens with one attached hydrogen (secondary N) is 1. The van der Waals surface area contributed by atoms with Crippen LogP contribution in [0, 0.1) is 11.6 Å². The summed E-state index contributed by atoms with van der Waals surface area (Å²) in [6, 6.07) is 2.82. The van der Waals surface area contributed by atoms with Crippen LogP contribution < -0.4 is 10.2 Å². The Bertz CT molecular complexity index is 501. The Morgan fingerprint density at radius 3 is 2.63 bits per heavy atom. The number of anilines is 1. The molecule has 1 atom stereocenters. The minimum absolute atomic E-state index is 0.0906. The van der Waals surface area contributed by atoms with E-state index in [-0.39, 0.29) is 24.7 Å². The highest BCUT2D eigenvalue weighted by molar-refractivity contribution is 5.89. The Morgan fingerprint density at radius 1 is 1.42 bits per heavy atom. The molecule has 0 radical (unpaired) electrons. The van der Waals surface area contributed by atoms with Crippen LogP contribution in [0.3, 0.4) is 0 Å². The minimum Gasteiger partial charge on any atom is -0.442 e. The van der Waals surface area contributed by atoms with Gasteiger partial charge in [-0.1, -0.05) is 0 Å². The number of halogens is 2. The van der Waals surface area contributed by atoms with Crippen molar-refractivity contribution in [3.8, 4) is 0 Å². The summed E-state index contributed by atoms with van der Waals surface area (Å²) >= 11 is 0. The van der Waals surface area contributed by atoms with Gasteiger partial charge in [-0.15, -0.1) is 0 Å². The fourth-order valence-electron chi connectivity index (χ4n) is 1.79. The second kappa shape index (κ2) is 5.21. The third-order valence-corrected chi connectivity index (χ3v) is 2.61. The van der Waals surface area contributed by atoms with E-state index in [1.807, 2.05) is 0 Å². The number of amides is 2. The van der Waals surface area contributed by atoms with E-state index < -0.39 is 23.8 Å². The molecule has 1 fully saturated rings. The summed E-state index contributed by atoms with van der Waals surface area (Å²) in [6.07, 6.45) is -1.23. The molecular weight excluding hydrogens is 258 g/mol. The van der Waals surface area contributed by atoms with Gasteiger partial charge >= 0.3 is 6.09 Å². The lowest BCUT2D eigenvalue weighted by molar-refractivity contribution is -0.119.